The molecule has 17 heteroatoms. The smallest absolute Gasteiger partial charge is 0.246 e. The number of carbonyl (C=O) groups excluding carboxylic acids is 8. The average molecular weight is 1170 g/mol. The molecule has 7 amide bonds. The van der Waals surface area contributed by atoms with Crippen molar-refractivity contribution in [2.24, 2.45) is 29.6 Å². The third kappa shape index (κ3) is 15.8. The SMILES string of the molecule is CN[C@@H](C)C(=O)N[C@H](C(=O)N1C[C@@H](CC(=O)C2CCC(C(=O)N[C@H]3C[C@@H](C(=O)NC(c4ccccc4)c4ccccc4)N(C(=O)[C@@H](NC(=O)[C@H](C)NC)C4CCCCC4)C3)CC2)C[C@H]1C(=O)NC(c1ccccc1)c1ccccc1)C1CCCCC1. The van der Waals surface area contributed by atoms with E-state index < -0.39 is 60.3 Å². The molecule has 86 heavy (non-hydrogen) atoms. The Morgan fingerprint density at radius 3 is 1.21 bits per heavy atom. The van der Waals surface area contributed by atoms with E-state index >= 15 is 9.59 Å². The lowest BCUT2D eigenvalue weighted by atomic mass is 9.77. The number of likely N-dealkylation sites (tertiary alicyclic amines) is 2. The minimum absolute atomic E-state index is 0.0422. The highest BCUT2D eigenvalue weighted by molar-refractivity contribution is 5.96. The van der Waals surface area contributed by atoms with Crippen molar-refractivity contribution in [1.82, 2.24) is 47.0 Å². The summed E-state index contributed by atoms with van der Waals surface area (Å²) in [5, 5.41) is 22.0. The number of rotatable bonds is 23. The molecule has 4 aromatic carbocycles. The van der Waals surface area contributed by atoms with E-state index in [0.717, 1.165) is 86.5 Å². The first-order valence-electron chi connectivity index (χ1n) is 31.9. The molecule has 0 bridgehead atoms. The normalized spacial score (nSPS) is 23.4. The monoisotopic (exact) mass is 1170 g/mol. The lowest BCUT2D eigenvalue weighted by Gasteiger charge is -2.35. The zero-order valence-corrected chi connectivity index (χ0v) is 50.7. The molecule has 3 saturated carbocycles. The minimum atomic E-state index is -0.943. The van der Waals surface area contributed by atoms with E-state index in [4.69, 9.17) is 0 Å². The van der Waals surface area contributed by atoms with Gasteiger partial charge in [0.2, 0.25) is 41.4 Å². The number of ketones is 1. The Bertz CT molecular complexity index is 2640. The van der Waals surface area contributed by atoms with Crippen molar-refractivity contribution in [3.63, 3.8) is 0 Å². The van der Waals surface area contributed by atoms with Crippen LogP contribution in [0.1, 0.15) is 157 Å². The molecule has 17 nitrogen and oxygen atoms in total. The fourth-order valence-corrected chi connectivity index (χ4v) is 14.1. The van der Waals surface area contributed by atoms with Crippen LogP contribution < -0.4 is 37.2 Å². The van der Waals surface area contributed by atoms with Gasteiger partial charge in [-0.3, -0.25) is 38.4 Å². The second kappa shape index (κ2) is 30.4. The van der Waals surface area contributed by atoms with Crippen molar-refractivity contribution < 1.29 is 38.4 Å². The van der Waals surface area contributed by atoms with Crippen LogP contribution in [0.3, 0.4) is 0 Å². The third-order valence-corrected chi connectivity index (χ3v) is 19.4. The molecular formula is C69H91N9O8. The highest BCUT2D eigenvalue weighted by Gasteiger charge is 2.48. The van der Waals surface area contributed by atoms with E-state index in [9.17, 15) is 28.8 Å². The molecule has 0 unspecified atom stereocenters. The Kier molecular flexibility index (Phi) is 22.4. The Balaban J connectivity index is 0.886. The van der Waals surface area contributed by atoms with Crippen molar-refractivity contribution in [2.45, 2.75) is 177 Å². The van der Waals surface area contributed by atoms with Crippen LogP contribution in [0, 0.1) is 29.6 Å². The second-order valence-electron chi connectivity index (χ2n) is 25.1. The fraction of sp³-hybridized carbons (Fsp3) is 0.536. The molecule has 5 aliphatic rings. The van der Waals surface area contributed by atoms with Crippen LogP contribution in [0.15, 0.2) is 121 Å². The van der Waals surface area contributed by atoms with E-state index in [1.165, 1.54) is 0 Å². The van der Waals surface area contributed by atoms with Gasteiger partial charge in [0.15, 0.2) is 0 Å². The second-order valence-corrected chi connectivity index (χ2v) is 25.1. The maximum atomic E-state index is 15.1. The molecule has 2 saturated heterocycles. The van der Waals surface area contributed by atoms with Gasteiger partial charge in [0, 0.05) is 37.4 Å². The molecule has 7 N–H and O–H groups in total. The summed E-state index contributed by atoms with van der Waals surface area (Å²) in [4.78, 5) is 119. The van der Waals surface area contributed by atoms with Crippen molar-refractivity contribution >= 4 is 47.1 Å². The van der Waals surface area contributed by atoms with E-state index in [1.807, 2.05) is 121 Å². The predicted molar refractivity (Wildman–Crippen MR) is 331 cm³/mol. The van der Waals surface area contributed by atoms with E-state index in [1.54, 1.807) is 37.7 Å². The van der Waals surface area contributed by atoms with Gasteiger partial charge in [0.05, 0.1) is 24.2 Å². The minimum Gasteiger partial charge on any atom is -0.351 e. The summed E-state index contributed by atoms with van der Waals surface area (Å²) in [5.41, 5.74) is 3.52. The maximum absolute atomic E-state index is 15.1. The summed E-state index contributed by atoms with van der Waals surface area (Å²) in [6.45, 7) is 3.77. The molecule has 5 fully saturated rings. The largest absolute Gasteiger partial charge is 0.351 e. The van der Waals surface area contributed by atoms with Gasteiger partial charge < -0.3 is 47.0 Å². The number of nitrogens with zero attached hydrogens (tertiary/aromatic N) is 2. The van der Waals surface area contributed by atoms with Gasteiger partial charge in [0.25, 0.3) is 0 Å². The van der Waals surface area contributed by atoms with E-state index in [0.29, 0.717) is 25.7 Å². The van der Waals surface area contributed by atoms with Crippen LogP contribution in [-0.2, 0) is 38.4 Å². The molecule has 2 heterocycles. The van der Waals surface area contributed by atoms with Crippen LogP contribution in [0.2, 0.25) is 0 Å². The number of hydrogen-bond donors (Lipinski definition) is 7. The summed E-state index contributed by atoms with van der Waals surface area (Å²) >= 11 is 0. The third-order valence-electron chi connectivity index (χ3n) is 19.4. The molecule has 0 radical (unpaired) electrons. The van der Waals surface area contributed by atoms with Crippen LogP contribution in [0.5, 0.6) is 0 Å². The molecule has 8 atom stereocenters. The maximum Gasteiger partial charge on any atom is 0.246 e. The molecule has 0 aromatic heterocycles. The average Bonchev–Trinajstić information content (AvgIpc) is 2.33. The number of carbonyl (C=O) groups is 8. The van der Waals surface area contributed by atoms with Crippen LogP contribution in [0.4, 0.5) is 0 Å². The van der Waals surface area contributed by atoms with Crippen molar-refractivity contribution in [1.29, 1.82) is 0 Å². The van der Waals surface area contributed by atoms with Gasteiger partial charge in [-0.25, -0.2) is 0 Å². The van der Waals surface area contributed by atoms with Crippen LogP contribution >= 0.6 is 0 Å². The zero-order valence-electron chi connectivity index (χ0n) is 50.7. The summed E-state index contributed by atoms with van der Waals surface area (Å²) in [6.07, 6.45) is 11.5. The van der Waals surface area contributed by atoms with Gasteiger partial charge in [0.1, 0.15) is 30.0 Å². The number of nitrogens with one attached hydrogen (secondary N) is 7. The number of likely N-dealkylation sites (N-methyl/N-ethyl adjacent to an activating group) is 2. The van der Waals surface area contributed by atoms with Crippen molar-refractivity contribution in [2.75, 3.05) is 27.2 Å². The zero-order chi connectivity index (χ0) is 60.7. The number of benzene rings is 4. The Morgan fingerprint density at radius 2 is 0.814 bits per heavy atom. The van der Waals surface area contributed by atoms with Gasteiger partial charge >= 0.3 is 0 Å². The van der Waals surface area contributed by atoms with E-state index in [-0.39, 0.29) is 103 Å². The standard InChI is InChI=1S/C69H91N9O8/c1-44(70-3)63(80)75-61(52-31-19-9-20-32-52)68(85)77-42-46(39-56(77)66(83)73-59(48-23-11-5-12-24-48)49-25-13-6-14-26-49)40-58(79)47-35-37-54(38-36-47)65(82)72-55-41-57(67(84)74-60(50-27-15-7-16-28-50)51-29-17-8-18-30-51)78(43-55)69(86)62(53-33-21-10-22-34-53)76-64(81)45(2)71-4/h5-8,11-18,23-30,44-47,52-57,59-62,70-71H,9-10,19-22,31-43H2,1-4H3,(H,72,82)(H,73,83)(H,74,84)(H,75,80)(H,76,81)/t44-,45-,46+,47?,54?,55-,56-,57-,61-,62-/m0/s1. The highest BCUT2D eigenvalue weighted by atomic mass is 16.2. The Morgan fingerprint density at radius 1 is 0.442 bits per heavy atom. The number of hydrogen-bond acceptors (Lipinski definition) is 10. The topological polar surface area (TPSA) is 227 Å². The van der Waals surface area contributed by atoms with Gasteiger partial charge in [-0.1, -0.05) is 160 Å². The van der Waals surface area contributed by atoms with Gasteiger partial charge in [-0.05, 0) is 132 Å². The van der Waals surface area contributed by atoms with E-state index in [2.05, 4.69) is 37.2 Å². The summed E-state index contributed by atoms with van der Waals surface area (Å²) < 4.78 is 0. The highest BCUT2D eigenvalue weighted by Crippen LogP contribution is 2.37. The first-order chi connectivity index (χ1) is 41.7. The molecule has 3 aliphatic carbocycles. The first kappa shape index (κ1) is 63.3. The quantitative estimate of drug-likeness (QED) is 0.0395. The molecule has 0 spiro atoms. The lowest BCUT2D eigenvalue weighted by molar-refractivity contribution is -0.143. The molecular weight excluding hydrogens is 1080 g/mol. The molecule has 2 aliphatic heterocycles. The number of amides is 7. The summed E-state index contributed by atoms with van der Waals surface area (Å²) in [7, 11) is 3.40. The predicted octanol–water partition coefficient (Wildman–Crippen LogP) is 7.21. The molecule has 460 valence electrons. The Hall–Kier alpha value is -7.24. The fourth-order valence-electron chi connectivity index (χ4n) is 14.1. The molecule has 4 aromatic rings. The van der Waals surface area contributed by atoms with Gasteiger partial charge in [-0.15, -0.1) is 0 Å². The van der Waals surface area contributed by atoms with Crippen LogP contribution in [0.25, 0.3) is 0 Å². The first-order valence-corrected chi connectivity index (χ1v) is 31.9. The summed E-state index contributed by atoms with van der Waals surface area (Å²) in [5.74, 6) is -3.29. The summed E-state index contributed by atoms with van der Waals surface area (Å²) in [6, 6.07) is 32.6. The lowest BCUT2D eigenvalue weighted by Crippen LogP contribution is -2.58. The Labute approximate surface area is 508 Å². The number of Topliss-reactive ketones (excluding diaryl/α,β-unsaturated/α-hetero) is 1. The van der Waals surface area contributed by atoms with Gasteiger partial charge in [-0.2, -0.15) is 0 Å². The van der Waals surface area contributed by atoms with Crippen LogP contribution in [-0.4, -0.2) is 126 Å². The van der Waals surface area contributed by atoms with Crippen molar-refractivity contribution in [3.05, 3.63) is 144 Å². The van der Waals surface area contributed by atoms with Crippen molar-refractivity contribution in [3.8, 4) is 0 Å². The molecule has 9 rings (SSSR count).